The molecule has 176 valence electrons. The van der Waals surface area contributed by atoms with Crippen molar-refractivity contribution in [3.63, 3.8) is 0 Å². The zero-order valence-electron chi connectivity index (χ0n) is 19.8. The second-order valence-corrected chi connectivity index (χ2v) is 8.46. The number of aromatic nitrogens is 2. The molecule has 0 saturated heterocycles. The summed E-state index contributed by atoms with van der Waals surface area (Å²) < 4.78 is 14.5. The Morgan fingerprint density at radius 2 is 1.97 bits per heavy atom. The molecular weight excluding hydrogens is 427 g/mol. The SMILES string of the molecule is CC.CCN1CN(C2CCCCC2)c2c(cnc3c2ccn3SF)C1=O.CN(C)CC#N. The van der Waals surface area contributed by atoms with E-state index in [0.717, 1.165) is 23.9 Å². The van der Waals surface area contributed by atoms with Gasteiger partial charge in [-0.15, -0.1) is 3.89 Å². The molecule has 9 heteroatoms. The first-order valence-electron chi connectivity index (χ1n) is 11.4. The Labute approximate surface area is 195 Å². The van der Waals surface area contributed by atoms with Crippen LogP contribution in [0.15, 0.2) is 18.5 Å². The van der Waals surface area contributed by atoms with Crippen LogP contribution in [0.4, 0.5) is 9.57 Å². The molecule has 1 aliphatic heterocycles. The third kappa shape index (κ3) is 5.73. The van der Waals surface area contributed by atoms with Gasteiger partial charge in [-0.1, -0.05) is 33.1 Å². The fourth-order valence-corrected chi connectivity index (χ4v) is 4.45. The van der Waals surface area contributed by atoms with Crippen molar-refractivity contribution in [1.29, 1.82) is 5.26 Å². The standard InChI is InChI=1S/C17H21FN4OS.C4H8N2.C2H6/c1-2-20-11-21(12-6-4-3-5-7-12)15-13-8-9-22(24-18)16(13)19-10-14(15)17(20)23;1-6(2)4-3-5;1-2/h8-10,12H,2-7,11H2,1H3;4H2,1-2H3;1-2H3. The lowest BCUT2D eigenvalue weighted by Crippen LogP contribution is -2.51. The Morgan fingerprint density at radius 3 is 2.50 bits per heavy atom. The number of nitrogens with zero attached hydrogens (tertiary/aromatic N) is 6. The molecule has 7 nitrogen and oxygen atoms in total. The first-order valence-corrected chi connectivity index (χ1v) is 12.1. The van der Waals surface area contributed by atoms with Gasteiger partial charge < -0.3 is 9.80 Å². The summed E-state index contributed by atoms with van der Waals surface area (Å²) in [5.74, 6) is 0.0228. The van der Waals surface area contributed by atoms with E-state index in [1.807, 2.05) is 56.8 Å². The summed E-state index contributed by atoms with van der Waals surface area (Å²) in [6.45, 7) is 7.81. The topological polar surface area (TPSA) is 68.4 Å². The minimum atomic E-state index is 0.0228. The van der Waals surface area contributed by atoms with Gasteiger partial charge in [-0.2, -0.15) is 5.26 Å². The number of rotatable bonds is 4. The summed E-state index contributed by atoms with van der Waals surface area (Å²) in [6, 6.07) is 4.30. The third-order valence-corrected chi connectivity index (χ3v) is 6.08. The Balaban J connectivity index is 0.000000396. The van der Waals surface area contributed by atoms with E-state index >= 15 is 0 Å². The van der Waals surface area contributed by atoms with Crippen LogP contribution in [-0.4, -0.2) is 64.6 Å². The van der Waals surface area contributed by atoms with Crippen molar-refractivity contribution in [2.45, 2.75) is 58.9 Å². The van der Waals surface area contributed by atoms with E-state index in [1.165, 1.54) is 23.2 Å². The monoisotopic (exact) mass is 462 g/mol. The molecule has 3 heterocycles. The van der Waals surface area contributed by atoms with Crippen LogP contribution in [0.3, 0.4) is 0 Å². The molecule has 0 bridgehead atoms. The van der Waals surface area contributed by atoms with Gasteiger partial charge in [0.1, 0.15) is 0 Å². The van der Waals surface area contributed by atoms with Crippen molar-refractivity contribution in [3.8, 4) is 6.07 Å². The van der Waals surface area contributed by atoms with Crippen molar-refractivity contribution < 1.29 is 8.68 Å². The van der Waals surface area contributed by atoms with Crippen molar-refractivity contribution in [1.82, 2.24) is 18.8 Å². The van der Waals surface area contributed by atoms with Crippen LogP contribution < -0.4 is 4.90 Å². The number of hydrogen-bond acceptors (Lipinski definition) is 6. The number of carbonyl (C=O) groups is 1. The number of pyridine rings is 1. The van der Waals surface area contributed by atoms with E-state index in [0.29, 0.717) is 37.0 Å². The van der Waals surface area contributed by atoms with Gasteiger partial charge in [-0.25, -0.2) is 8.96 Å². The van der Waals surface area contributed by atoms with Gasteiger partial charge in [-0.3, -0.25) is 9.69 Å². The molecule has 1 aliphatic carbocycles. The lowest BCUT2D eigenvalue weighted by molar-refractivity contribution is 0.0743. The molecule has 0 radical (unpaired) electrons. The first-order chi connectivity index (χ1) is 15.5. The molecule has 2 aromatic rings. The summed E-state index contributed by atoms with van der Waals surface area (Å²) in [4.78, 5) is 23.2. The van der Waals surface area contributed by atoms with Gasteiger partial charge >= 0.3 is 0 Å². The zero-order chi connectivity index (χ0) is 23.7. The molecule has 0 atom stereocenters. The molecule has 4 rings (SSSR count). The lowest BCUT2D eigenvalue weighted by Gasteiger charge is -2.43. The number of amides is 1. The normalized spacial score (nSPS) is 16.1. The number of halogens is 1. The lowest BCUT2D eigenvalue weighted by atomic mass is 9.92. The minimum absolute atomic E-state index is 0.0228. The van der Waals surface area contributed by atoms with Gasteiger partial charge in [-0.05, 0) is 39.9 Å². The maximum Gasteiger partial charge on any atom is 0.258 e. The second kappa shape index (κ2) is 12.7. The second-order valence-electron chi connectivity index (χ2n) is 7.93. The smallest absolute Gasteiger partial charge is 0.258 e. The fraction of sp³-hybridized carbons (Fsp3) is 0.609. The zero-order valence-corrected chi connectivity index (χ0v) is 20.7. The molecule has 0 spiro atoms. The molecule has 32 heavy (non-hydrogen) atoms. The molecule has 0 aromatic carbocycles. The van der Waals surface area contributed by atoms with E-state index in [2.05, 4.69) is 9.88 Å². The number of fused-ring (bicyclic) bond motifs is 3. The number of carbonyl (C=O) groups excluding carboxylic acids is 1. The highest BCUT2D eigenvalue weighted by Gasteiger charge is 2.35. The molecular formula is C23H35FN6OS. The number of hydrogen-bond donors (Lipinski definition) is 0. The minimum Gasteiger partial charge on any atom is -0.349 e. The third-order valence-electron chi connectivity index (χ3n) is 5.64. The quantitative estimate of drug-likeness (QED) is 0.590. The Bertz CT molecular complexity index is 919. The maximum absolute atomic E-state index is 13.1. The summed E-state index contributed by atoms with van der Waals surface area (Å²) in [5.41, 5.74) is 2.16. The Hall–Kier alpha value is -2.31. The van der Waals surface area contributed by atoms with Crippen molar-refractivity contribution >= 4 is 35.0 Å². The van der Waals surface area contributed by atoms with Gasteiger partial charge in [0.15, 0.2) is 18.0 Å². The maximum atomic E-state index is 13.1. The van der Waals surface area contributed by atoms with Gasteiger partial charge in [0.25, 0.3) is 5.91 Å². The summed E-state index contributed by atoms with van der Waals surface area (Å²) >= 11 is 0.139. The molecule has 2 aromatic heterocycles. The van der Waals surface area contributed by atoms with E-state index in [-0.39, 0.29) is 18.2 Å². The summed E-state index contributed by atoms with van der Waals surface area (Å²) in [6.07, 6.45) is 9.33. The molecule has 2 aliphatic rings. The predicted octanol–water partition coefficient (Wildman–Crippen LogP) is 5.09. The number of nitriles is 1. The summed E-state index contributed by atoms with van der Waals surface area (Å²) in [7, 11) is 3.73. The van der Waals surface area contributed by atoms with Crippen LogP contribution in [0.25, 0.3) is 11.0 Å². The van der Waals surface area contributed by atoms with E-state index in [4.69, 9.17) is 5.26 Å². The van der Waals surface area contributed by atoms with Crippen molar-refractivity contribution in [2.75, 3.05) is 38.8 Å². The predicted molar refractivity (Wildman–Crippen MR) is 130 cm³/mol. The van der Waals surface area contributed by atoms with Crippen LogP contribution in [0.1, 0.15) is 63.2 Å². The van der Waals surface area contributed by atoms with Crippen LogP contribution >= 0.6 is 12.3 Å². The Kier molecular flexibility index (Phi) is 10.3. The molecule has 1 amide bonds. The highest BCUT2D eigenvalue weighted by molar-refractivity contribution is 7.92. The largest absolute Gasteiger partial charge is 0.349 e. The number of anilines is 1. The van der Waals surface area contributed by atoms with E-state index in [1.54, 1.807) is 12.4 Å². The van der Waals surface area contributed by atoms with Crippen LogP contribution in [-0.2, 0) is 0 Å². The van der Waals surface area contributed by atoms with Gasteiger partial charge in [0, 0.05) is 30.4 Å². The first kappa shape index (κ1) is 25.9. The van der Waals surface area contributed by atoms with E-state index in [9.17, 15) is 8.68 Å². The highest BCUT2D eigenvalue weighted by atomic mass is 32.2. The van der Waals surface area contributed by atoms with Gasteiger partial charge in [0.2, 0.25) is 0 Å². The van der Waals surface area contributed by atoms with Crippen LogP contribution in [0.2, 0.25) is 0 Å². The van der Waals surface area contributed by atoms with Crippen molar-refractivity contribution in [2.24, 2.45) is 0 Å². The molecule has 0 unspecified atom stereocenters. The van der Waals surface area contributed by atoms with Gasteiger partial charge in [0.05, 0.1) is 30.5 Å². The van der Waals surface area contributed by atoms with E-state index < -0.39 is 0 Å². The average Bonchev–Trinajstić information content (AvgIpc) is 3.25. The summed E-state index contributed by atoms with van der Waals surface area (Å²) in [5, 5.41) is 8.81. The van der Waals surface area contributed by atoms with Crippen LogP contribution in [0.5, 0.6) is 0 Å². The average molecular weight is 463 g/mol. The molecule has 0 N–H and O–H groups in total. The molecule has 1 fully saturated rings. The van der Waals surface area contributed by atoms with Crippen molar-refractivity contribution in [3.05, 3.63) is 24.0 Å². The molecule has 1 saturated carbocycles. The highest BCUT2D eigenvalue weighted by Crippen LogP contribution is 2.39. The Morgan fingerprint density at radius 1 is 1.28 bits per heavy atom. The fourth-order valence-electron chi connectivity index (χ4n) is 4.14. The van der Waals surface area contributed by atoms with Crippen LogP contribution in [0, 0.1) is 11.3 Å².